The van der Waals surface area contributed by atoms with Crippen LogP contribution in [0.25, 0.3) is 0 Å². The maximum atomic E-state index is 12.4. The highest BCUT2D eigenvalue weighted by molar-refractivity contribution is 5.88. The molecular weight excluding hydrogens is 266 g/mol. The van der Waals surface area contributed by atoms with Gasteiger partial charge in [-0.2, -0.15) is 0 Å². The molecule has 0 aromatic carbocycles. The smallest absolute Gasteiger partial charge is 0.244 e. The highest BCUT2D eigenvalue weighted by Gasteiger charge is 2.32. The zero-order valence-corrected chi connectivity index (χ0v) is 13.6. The predicted octanol–water partition coefficient (Wildman–Crippen LogP) is 1.23. The van der Waals surface area contributed by atoms with E-state index in [0.29, 0.717) is 6.04 Å². The van der Waals surface area contributed by atoms with Gasteiger partial charge in [0.05, 0.1) is 0 Å². The highest BCUT2D eigenvalue weighted by atomic mass is 16.2. The van der Waals surface area contributed by atoms with Gasteiger partial charge in [-0.25, -0.2) is 0 Å². The number of amides is 2. The Bertz CT molecular complexity index is 380. The van der Waals surface area contributed by atoms with Crippen LogP contribution in [-0.2, 0) is 9.59 Å². The lowest BCUT2D eigenvalue weighted by molar-refractivity contribution is -0.136. The molecule has 21 heavy (non-hydrogen) atoms. The van der Waals surface area contributed by atoms with Gasteiger partial charge in [0.25, 0.3) is 0 Å². The van der Waals surface area contributed by atoms with E-state index in [2.05, 4.69) is 24.2 Å². The Morgan fingerprint density at radius 3 is 2.57 bits per heavy atom. The lowest BCUT2D eigenvalue weighted by atomic mass is 10.1. The third-order valence-corrected chi connectivity index (χ3v) is 5.05. The van der Waals surface area contributed by atoms with Gasteiger partial charge < -0.3 is 15.1 Å². The molecule has 1 saturated carbocycles. The minimum Gasteiger partial charge on any atom is -0.344 e. The number of nitrogens with one attached hydrogen (secondary N) is 1. The van der Waals surface area contributed by atoms with Crippen LogP contribution in [0.15, 0.2) is 0 Å². The number of rotatable bonds is 5. The Balaban J connectivity index is 1.81. The second-order valence-electron chi connectivity index (χ2n) is 6.51. The van der Waals surface area contributed by atoms with Crippen LogP contribution in [0.4, 0.5) is 0 Å². The van der Waals surface area contributed by atoms with Gasteiger partial charge in [-0.3, -0.25) is 9.59 Å². The Hall–Kier alpha value is -1.10. The Morgan fingerprint density at radius 1 is 1.29 bits per heavy atom. The number of likely N-dealkylation sites (tertiary alicyclic amines) is 1. The average Bonchev–Trinajstić information content (AvgIpc) is 3.16. The Morgan fingerprint density at radius 2 is 1.95 bits per heavy atom. The zero-order valence-electron chi connectivity index (χ0n) is 13.6. The summed E-state index contributed by atoms with van der Waals surface area (Å²) in [7, 11) is 2.10. The summed E-state index contributed by atoms with van der Waals surface area (Å²) in [5.74, 6) is 0.251. The quantitative estimate of drug-likeness (QED) is 0.830. The molecule has 0 aromatic rings. The van der Waals surface area contributed by atoms with E-state index in [9.17, 15) is 9.59 Å². The molecule has 1 aliphatic heterocycles. The lowest BCUT2D eigenvalue weighted by Crippen LogP contribution is -2.48. The molecule has 0 bridgehead atoms. The number of hydrogen-bond acceptors (Lipinski definition) is 3. The van der Waals surface area contributed by atoms with E-state index in [0.717, 1.165) is 51.7 Å². The second-order valence-corrected chi connectivity index (χ2v) is 6.51. The van der Waals surface area contributed by atoms with Crippen LogP contribution in [0.3, 0.4) is 0 Å². The second kappa shape index (κ2) is 7.25. The first-order chi connectivity index (χ1) is 10.0. The molecule has 2 unspecified atom stereocenters. The molecule has 2 rings (SSSR count). The summed E-state index contributed by atoms with van der Waals surface area (Å²) in [6, 6.07) is 0.0560. The largest absolute Gasteiger partial charge is 0.344 e. The molecule has 2 fully saturated rings. The minimum atomic E-state index is -0.399. The van der Waals surface area contributed by atoms with E-state index in [1.54, 1.807) is 0 Å². The van der Waals surface area contributed by atoms with Crippen LogP contribution in [0.1, 0.15) is 46.0 Å². The van der Waals surface area contributed by atoms with Gasteiger partial charge in [-0.15, -0.1) is 0 Å². The van der Waals surface area contributed by atoms with Crippen LogP contribution in [0.2, 0.25) is 0 Å². The van der Waals surface area contributed by atoms with Gasteiger partial charge in [0.1, 0.15) is 6.04 Å². The molecular formula is C16H29N3O2. The van der Waals surface area contributed by atoms with E-state index in [1.807, 2.05) is 11.8 Å². The first kappa shape index (κ1) is 16.3. The van der Waals surface area contributed by atoms with E-state index in [-0.39, 0.29) is 17.7 Å². The molecule has 0 spiro atoms. The van der Waals surface area contributed by atoms with Crippen molar-refractivity contribution in [3.8, 4) is 0 Å². The number of carbonyl (C=O) groups excluding carboxylic acids is 2. The molecule has 5 heteroatoms. The van der Waals surface area contributed by atoms with Crippen molar-refractivity contribution in [2.45, 2.75) is 58.0 Å². The van der Waals surface area contributed by atoms with Crippen LogP contribution in [-0.4, -0.2) is 60.4 Å². The van der Waals surface area contributed by atoms with E-state index in [4.69, 9.17) is 0 Å². The number of likely N-dealkylation sites (N-methyl/N-ethyl adjacent to an activating group) is 1. The van der Waals surface area contributed by atoms with Crippen molar-refractivity contribution in [3.63, 3.8) is 0 Å². The van der Waals surface area contributed by atoms with E-state index < -0.39 is 6.04 Å². The van der Waals surface area contributed by atoms with Gasteiger partial charge >= 0.3 is 0 Å². The number of hydrogen-bond donors (Lipinski definition) is 1. The maximum Gasteiger partial charge on any atom is 0.244 e. The monoisotopic (exact) mass is 295 g/mol. The summed E-state index contributed by atoms with van der Waals surface area (Å²) in [6.07, 6.45) is 5.24. The summed E-state index contributed by atoms with van der Waals surface area (Å²) in [4.78, 5) is 28.7. The third-order valence-electron chi connectivity index (χ3n) is 5.05. The topological polar surface area (TPSA) is 52.6 Å². The molecule has 0 aromatic heterocycles. The van der Waals surface area contributed by atoms with Crippen molar-refractivity contribution in [3.05, 3.63) is 0 Å². The van der Waals surface area contributed by atoms with Gasteiger partial charge in [0, 0.05) is 25.0 Å². The van der Waals surface area contributed by atoms with Crippen LogP contribution in [0.5, 0.6) is 0 Å². The van der Waals surface area contributed by atoms with Crippen molar-refractivity contribution >= 4 is 11.8 Å². The fraction of sp³-hybridized carbons (Fsp3) is 0.875. The third kappa shape index (κ3) is 3.96. The van der Waals surface area contributed by atoms with Crippen molar-refractivity contribution < 1.29 is 9.59 Å². The van der Waals surface area contributed by atoms with Crippen LogP contribution < -0.4 is 5.32 Å². The van der Waals surface area contributed by atoms with Crippen molar-refractivity contribution in [2.24, 2.45) is 5.92 Å². The highest BCUT2D eigenvalue weighted by Crippen LogP contribution is 2.25. The number of carbonyl (C=O) groups is 2. The fourth-order valence-corrected chi connectivity index (χ4v) is 3.41. The maximum absolute atomic E-state index is 12.4. The average molecular weight is 295 g/mol. The van der Waals surface area contributed by atoms with Crippen molar-refractivity contribution in [1.29, 1.82) is 0 Å². The predicted molar refractivity (Wildman–Crippen MR) is 82.9 cm³/mol. The summed E-state index contributed by atoms with van der Waals surface area (Å²) in [6.45, 7) is 6.53. The van der Waals surface area contributed by atoms with E-state index in [1.165, 1.54) is 0 Å². The molecule has 1 heterocycles. The van der Waals surface area contributed by atoms with Gasteiger partial charge in [0.2, 0.25) is 11.8 Å². The normalized spacial score (nSPS) is 24.6. The standard InChI is InChI=1S/C16H29N3O2/c1-4-18(3)14-9-10-19(11-14)16(21)12(2)17-15(20)13-7-5-6-8-13/h12-14H,4-11H2,1-3H3,(H,17,20). The number of nitrogens with zero attached hydrogens (tertiary/aromatic N) is 2. The summed E-state index contributed by atoms with van der Waals surface area (Å²) in [5, 5.41) is 2.91. The Kier molecular flexibility index (Phi) is 5.62. The van der Waals surface area contributed by atoms with Crippen LogP contribution in [0, 0.1) is 5.92 Å². The molecule has 120 valence electrons. The molecule has 2 amide bonds. The molecule has 5 nitrogen and oxygen atoms in total. The summed E-state index contributed by atoms with van der Waals surface area (Å²) < 4.78 is 0. The fourth-order valence-electron chi connectivity index (χ4n) is 3.41. The van der Waals surface area contributed by atoms with Crippen molar-refractivity contribution in [1.82, 2.24) is 15.1 Å². The zero-order chi connectivity index (χ0) is 15.4. The summed E-state index contributed by atoms with van der Waals surface area (Å²) in [5.41, 5.74) is 0. The minimum absolute atomic E-state index is 0.0633. The SMILES string of the molecule is CCN(C)C1CCN(C(=O)C(C)NC(=O)C2CCCC2)C1. The Labute approximate surface area is 128 Å². The molecule has 2 aliphatic rings. The van der Waals surface area contributed by atoms with Crippen LogP contribution >= 0.6 is 0 Å². The van der Waals surface area contributed by atoms with Crippen molar-refractivity contribution in [2.75, 3.05) is 26.7 Å². The molecule has 1 N–H and O–H groups in total. The van der Waals surface area contributed by atoms with E-state index >= 15 is 0 Å². The molecule has 2 atom stereocenters. The van der Waals surface area contributed by atoms with Gasteiger partial charge in [0.15, 0.2) is 0 Å². The first-order valence-corrected chi connectivity index (χ1v) is 8.32. The van der Waals surface area contributed by atoms with Gasteiger partial charge in [-0.1, -0.05) is 19.8 Å². The molecule has 1 aliphatic carbocycles. The first-order valence-electron chi connectivity index (χ1n) is 8.32. The van der Waals surface area contributed by atoms with Gasteiger partial charge in [-0.05, 0) is 39.8 Å². The molecule has 1 saturated heterocycles. The molecule has 0 radical (unpaired) electrons. The lowest BCUT2D eigenvalue weighted by Gasteiger charge is -2.25. The summed E-state index contributed by atoms with van der Waals surface area (Å²) >= 11 is 0.